The lowest BCUT2D eigenvalue weighted by molar-refractivity contribution is -0.128. The number of hydrogen-bond acceptors (Lipinski definition) is 4. The molecule has 1 aliphatic rings. The van der Waals surface area contributed by atoms with Gasteiger partial charge in [-0.15, -0.1) is 0 Å². The van der Waals surface area contributed by atoms with Gasteiger partial charge in [-0.2, -0.15) is 0 Å². The van der Waals surface area contributed by atoms with Crippen LogP contribution in [0.15, 0.2) is 16.6 Å². The van der Waals surface area contributed by atoms with E-state index in [2.05, 4.69) is 21.2 Å². The van der Waals surface area contributed by atoms with Crippen molar-refractivity contribution in [2.75, 3.05) is 14.2 Å². The molecular formula is C15H19BrN2O4. The third-order valence-corrected chi connectivity index (χ3v) is 4.30. The van der Waals surface area contributed by atoms with Gasteiger partial charge in [-0.3, -0.25) is 9.69 Å². The summed E-state index contributed by atoms with van der Waals surface area (Å²) in [5, 5.41) is 2.71. The summed E-state index contributed by atoms with van der Waals surface area (Å²) < 4.78 is 11.2. The first-order chi connectivity index (χ1) is 10.5. The second kappa shape index (κ2) is 7.00. The predicted molar refractivity (Wildman–Crippen MR) is 85.0 cm³/mol. The van der Waals surface area contributed by atoms with E-state index in [1.54, 1.807) is 26.4 Å². The number of urea groups is 1. The number of ether oxygens (including phenoxy) is 2. The molecule has 0 spiro atoms. The van der Waals surface area contributed by atoms with Gasteiger partial charge in [0.2, 0.25) is 0 Å². The van der Waals surface area contributed by atoms with E-state index in [9.17, 15) is 9.59 Å². The summed E-state index contributed by atoms with van der Waals surface area (Å²) in [6.45, 7) is 2.17. The minimum Gasteiger partial charge on any atom is -0.493 e. The van der Waals surface area contributed by atoms with Crippen molar-refractivity contribution in [3.8, 4) is 11.5 Å². The van der Waals surface area contributed by atoms with Crippen LogP contribution in [0.1, 0.15) is 25.3 Å². The normalized spacial score (nSPS) is 17.6. The van der Waals surface area contributed by atoms with Crippen LogP contribution in [-0.4, -0.2) is 37.1 Å². The number of amides is 3. The molecule has 1 aliphatic heterocycles. The van der Waals surface area contributed by atoms with Gasteiger partial charge in [0.1, 0.15) is 6.04 Å². The fourth-order valence-electron chi connectivity index (χ4n) is 2.40. The monoisotopic (exact) mass is 370 g/mol. The molecule has 2 rings (SSSR count). The molecule has 3 amide bonds. The lowest BCUT2D eigenvalue weighted by Crippen LogP contribution is -2.31. The quantitative estimate of drug-likeness (QED) is 0.781. The predicted octanol–water partition coefficient (Wildman–Crippen LogP) is 2.69. The Balaban J connectivity index is 2.23. The highest BCUT2D eigenvalue weighted by atomic mass is 79.9. The molecule has 22 heavy (non-hydrogen) atoms. The van der Waals surface area contributed by atoms with E-state index in [1.165, 1.54) is 4.90 Å². The van der Waals surface area contributed by atoms with Crippen molar-refractivity contribution in [3.05, 3.63) is 22.2 Å². The van der Waals surface area contributed by atoms with Crippen LogP contribution in [0.4, 0.5) is 4.79 Å². The molecule has 6 nitrogen and oxygen atoms in total. The first-order valence-electron chi connectivity index (χ1n) is 7.04. The van der Waals surface area contributed by atoms with Crippen molar-refractivity contribution in [3.63, 3.8) is 0 Å². The van der Waals surface area contributed by atoms with Gasteiger partial charge in [0, 0.05) is 4.47 Å². The molecule has 0 saturated carbocycles. The van der Waals surface area contributed by atoms with Crippen LogP contribution in [0.5, 0.6) is 11.5 Å². The van der Waals surface area contributed by atoms with E-state index in [-0.39, 0.29) is 18.5 Å². The van der Waals surface area contributed by atoms with E-state index >= 15 is 0 Å². The van der Waals surface area contributed by atoms with Crippen molar-refractivity contribution in [1.29, 1.82) is 0 Å². The Morgan fingerprint density at radius 2 is 1.86 bits per heavy atom. The molecule has 1 saturated heterocycles. The number of methoxy groups -OCH3 is 2. The molecule has 0 aromatic heterocycles. The van der Waals surface area contributed by atoms with Crippen LogP contribution >= 0.6 is 15.9 Å². The summed E-state index contributed by atoms with van der Waals surface area (Å²) in [4.78, 5) is 25.5. The lowest BCUT2D eigenvalue weighted by atomic mass is 10.1. The van der Waals surface area contributed by atoms with Crippen LogP contribution in [0.25, 0.3) is 0 Å². The molecular weight excluding hydrogens is 352 g/mol. The number of nitrogens with zero attached hydrogens (tertiary/aromatic N) is 1. The number of carbonyl (C=O) groups is 2. The van der Waals surface area contributed by atoms with E-state index in [4.69, 9.17) is 9.47 Å². The third kappa shape index (κ3) is 3.19. The van der Waals surface area contributed by atoms with Crippen LogP contribution in [0, 0.1) is 0 Å². The maximum Gasteiger partial charge on any atom is 0.325 e. The Hall–Kier alpha value is -1.76. The number of nitrogens with one attached hydrogen (secondary N) is 1. The number of halogens is 1. The third-order valence-electron chi connectivity index (χ3n) is 3.57. The summed E-state index contributed by atoms with van der Waals surface area (Å²) in [6.07, 6.45) is 1.48. The molecule has 1 aromatic carbocycles. The standard InChI is InChI=1S/C15H19BrN2O4/c1-4-5-11-14(19)18(15(20)17-11)8-9-6-12(21-2)13(22-3)7-10(9)16/h6-7,11H,4-5,8H2,1-3H3,(H,17,20). The fourth-order valence-corrected chi connectivity index (χ4v) is 2.85. The second-order valence-electron chi connectivity index (χ2n) is 5.01. The Morgan fingerprint density at radius 3 is 2.45 bits per heavy atom. The summed E-state index contributed by atoms with van der Waals surface area (Å²) in [5.41, 5.74) is 0.776. The second-order valence-corrected chi connectivity index (χ2v) is 5.87. The van der Waals surface area contributed by atoms with Gasteiger partial charge in [0.05, 0.1) is 20.8 Å². The fraction of sp³-hybridized carbons (Fsp3) is 0.467. The summed E-state index contributed by atoms with van der Waals surface area (Å²) >= 11 is 3.44. The van der Waals surface area contributed by atoms with Gasteiger partial charge in [-0.1, -0.05) is 29.3 Å². The Morgan fingerprint density at radius 1 is 1.23 bits per heavy atom. The van der Waals surface area contributed by atoms with Gasteiger partial charge >= 0.3 is 6.03 Å². The number of rotatable bonds is 6. The molecule has 1 fully saturated rings. The van der Waals surface area contributed by atoms with Crippen molar-refractivity contribution in [2.45, 2.75) is 32.4 Å². The highest BCUT2D eigenvalue weighted by Crippen LogP contribution is 2.34. The number of carbonyl (C=O) groups excluding carboxylic acids is 2. The zero-order valence-corrected chi connectivity index (χ0v) is 14.4. The minimum absolute atomic E-state index is 0.186. The van der Waals surface area contributed by atoms with E-state index in [1.807, 2.05) is 6.92 Å². The van der Waals surface area contributed by atoms with Gasteiger partial charge in [-0.25, -0.2) is 4.79 Å². The van der Waals surface area contributed by atoms with Crippen LogP contribution in [0.3, 0.4) is 0 Å². The maximum absolute atomic E-state index is 12.3. The SMILES string of the molecule is CCCC1NC(=O)N(Cc2cc(OC)c(OC)cc2Br)C1=O. The molecule has 0 bridgehead atoms. The molecule has 1 heterocycles. The molecule has 0 radical (unpaired) electrons. The molecule has 7 heteroatoms. The van der Waals surface area contributed by atoms with E-state index in [0.717, 1.165) is 16.5 Å². The number of benzene rings is 1. The van der Waals surface area contributed by atoms with Crippen LogP contribution < -0.4 is 14.8 Å². The molecule has 1 aromatic rings. The highest BCUT2D eigenvalue weighted by molar-refractivity contribution is 9.10. The summed E-state index contributed by atoms with van der Waals surface area (Å²) in [6, 6.07) is 2.74. The lowest BCUT2D eigenvalue weighted by Gasteiger charge is -2.16. The van der Waals surface area contributed by atoms with Crippen molar-refractivity contribution in [1.82, 2.24) is 10.2 Å². The molecule has 1 N–H and O–H groups in total. The van der Waals surface area contributed by atoms with Crippen molar-refractivity contribution < 1.29 is 19.1 Å². The summed E-state index contributed by atoms with van der Waals surface area (Å²) in [7, 11) is 3.09. The highest BCUT2D eigenvalue weighted by Gasteiger charge is 2.37. The molecule has 1 atom stereocenters. The van der Waals surface area contributed by atoms with Crippen LogP contribution in [0.2, 0.25) is 0 Å². The van der Waals surface area contributed by atoms with Gasteiger partial charge in [0.15, 0.2) is 11.5 Å². The summed E-state index contributed by atoms with van der Waals surface area (Å²) in [5.74, 6) is 0.950. The number of imide groups is 1. The largest absolute Gasteiger partial charge is 0.493 e. The van der Waals surface area contributed by atoms with Crippen molar-refractivity contribution >= 4 is 27.9 Å². The average molecular weight is 371 g/mol. The topological polar surface area (TPSA) is 67.9 Å². The smallest absolute Gasteiger partial charge is 0.325 e. The first kappa shape index (κ1) is 16.6. The first-order valence-corrected chi connectivity index (χ1v) is 7.83. The zero-order chi connectivity index (χ0) is 16.3. The minimum atomic E-state index is -0.420. The van der Waals surface area contributed by atoms with E-state index < -0.39 is 6.04 Å². The Labute approximate surface area is 137 Å². The number of hydrogen-bond donors (Lipinski definition) is 1. The van der Waals surface area contributed by atoms with E-state index in [0.29, 0.717) is 17.9 Å². The van der Waals surface area contributed by atoms with Gasteiger partial charge in [0.25, 0.3) is 5.91 Å². The Kier molecular flexibility index (Phi) is 5.28. The molecule has 0 aliphatic carbocycles. The average Bonchev–Trinajstić information content (AvgIpc) is 2.76. The Bertz CT molecular complexity index is 591. The van der Waals surface area contributed by atoms with Crippen molar-refractivity contribution in [2.24, 2.45) is 0 Å². The molecule has 1 unspecified atom stereocenters. The molecule has 120 valence electrons. The van der Waals surface area contributed by atoms with Gasteiger partial charge < -0.3 is 14.8 Å². The zero-order valence-electron chi connectivity index (χ0n) is 12.8. The van der Waals surface area contributed by atoms with Gasteiger partial charge in [-0.05, 0) is 24.1 Å². The maximum atomic E-state index is 12.3. The van der Waals surface area contributed by atoms with Crippen LogP contribution in [-0.2, 0) is 11.3 Å².